The van der Waals surface area contributed by atoms with Gasteiger partial charge in [-0.05, 0) is 28.1 Å². The molecule has 1 aromatic rings. The molecule has 0 saturated carbocycles. The first-order valence-electron chi connectivity index (χ1n) is 4.43. The maximum absolute atomic E-state index is 12.1. The number of aldehydes is 1. The molecule has 0 aliphatic rings. The van der Waals surface area contributed by atoms with Crippen LogP contribution >= 0.6 is 15.9 Å². The van der Waals surface area contributed by atoms with Gasteiger partial charge in [0.25, 0.3) is 0 Å². The molecule has 1 rings (SSSR count). The molecule has 0 unspecified atom stereocenters. The van der Waals surface area contributed by atoms with Crippen LogP contribution in [0.5, 0.6) is 11.5 Å². The largest absolute Gasteiger partial charge is 0.468 e. The van der Waals surface area contributed by atoms with Crippen LogP contribution in [-0.2, 0) is 4.74 Å². The Kier molecular flexibility index (Phi) is 5.30. The second-order valence-corrected chi connectivity index (χ2v) is 3.73. The highest BCUT2D eigenvalue weighted by molar-refractivity contribution is 9.10. The van der Waals surface area contributed by atoms with Crippen LogP contribution in [0.3, 0.4) is 0 Å². The Morgan fingerprint density at radius 2 is 2.18 bits per heavy atom. The minimum absolute atomic E-state index is 0.0141. The average Bonchev–Trinajstić information content (AvgIpc) is 2.28. The Bertz CT molecular complexity index is 398. The molecule has 0 fully saturated rings. The number of benzene rings is 1. The van der Waals surface area contributed by atoms with Crippen molar-refractivity contribution in [1.29, 1.82) is 0 Å². The van der Waals surface area contributed by atoms with E-state index in [1.165, 1.54) is 19.2 Å². The molecule has 1 aromatic carbocycles. The quantitative estimate of drug-likeness (QED) is 0.598. The Hall–Kier alpha value is -1.21. The Labute approximate surface area is 105 Å². The molecule has 4 nitrogen and oxygen atoms in total. The maximum atomic E-state index is 12.1. The molecule has 0 aliphatic heterocycles. The molecule has 0 spiro atoms. The van der Waals surface area contributed by atoms with E-state index in [9.17, 15) is 13.6 Å². The summed E-state index contributed by atoms with van der Waals surface area (Å²) in [6.07, 6.45) is 0.405. The van der Waals surface area contributed by atoms with E-state index in [0.29, 0.717) is 12.0 Å². The summed E-state index contributed by atoms with van der Waals surface area (Å²) in [6, 6.07) is 2.69. The van der Waals surface area contributed by atoms with Crippen molar-refractivity contribution in [2.45, 2.75) is 6.61 Å². The second kappa shape index (κ2) is 6.51. The molecule has 0 bridgehead atoms. The summed E-state index contributed by atoms with van der Waals surface area (Å²) in [5, 5.41) is 0. The Morgan fingerprint density at radius 1 is 1.47 bits per heavy atom. The van der Waals surface area contributed by atoms with Crippen LogP contribution < -0.4 is 9.47 Å². The highest BCUT2D eigenvalue weighted by Gasteiger charge is 2.15. The number of methoxy groups -OCH3 is 1. The molecule has 0 aromatic heterocycles. The molecule has 94 valence electrons. The van der Waals surface area contributed by atoms with Crippen molar-refractivity contribution in [2.75, 3.05) is 13.9 Å². The molecule has 0 aliphatic carbocycles. The van der Waals surface area contributed by atoms with Gasteiger partial charge in [-0.3, -0.25) is 4.79 Å². The molecule has 0 heterocycles. The predicted octanol–water partition coefficient (Wildman–Crippen LogP) is 2.85. The van der Waals surface area contributed by atoms with Gasteiger partial charge in [0.05, 0.1) is 10.0 Å². The van der Waals surface area contributed by atoms with Crippen LogP contribution in [0.1, 0.15) is 10.4 Å². The summed E-state index contributed by atoms with van der Waals surface area (Å²) in [4.78, 5) is 10.8. The van der Waals surface area contributed by atoms with Gasteiger partial charge in [-0.15, -0.1) is 0 Å². The summed E-state index contributed by atoms with van der Waals surface area (Å²) in [6.45, 7) is -3.02. The second-order valence-electron chi connectivity index (χ2n) is 2.87. The third kappa shape index (κ3) is 3.94. The van der Waals surface area contributed by atoms with Crippen LogP contribution in [0.4, 0.5) is 8.78 Å². The minimum Gasteiger partial charge on any atom is -0.468 e. The standard InChI is InChI=1S/C10H9BrF2O4/c1-15-5-16-7-2-6(4-14)9(8(11)3-7)17-10(12)13/h2-4,10H,5H2,1H3. The maximum Gasteiger partial charge on any atom is 0.387 e. The molecule has 17 heavy (non-hydrogen) atoms. The fourth-order valence-corrected chi connectivity index (χ4v) is 1.65. The lowest BCUT2D eigenvalue weighted by molar-refractivity contribution is -0.0506. The van der Waals surface area contributed by atoms with Crippen LogP contribution in [-0.4, -0.2) is 26.8 Å². The van der Waals surface area contributed by atoms with E-state index in [1.807, 2.05) is 0 Å². The van der Waals surface area contributed by atoms with Crippen LogP contribution in [0.15, 0.2) is 16.6 Å². The molecule has 0 amide bonds. The van der Waals surface area contributed by atoms with Gasteiger partial charge < -0.3 is 14.2 Å². The van der Waals surface area contributed by atoms with E-state index in [2.05, 4.69) is 25.4 Å². The normalized spacial score (nSPS) is 10.4. The number of alkyl halides is 2. The van der Waals surface area contributed by atoms with E-state index in [1.54, 1.807) is 0 Å². The molecule has 7 heteroatoms. The van der Waals surface area contributed by atoms with Crippen LogP contribution in [0.2, 0.25) is 0 Å². The van der Waals surface area contributed by atoms with Crippen molar-refractivity contribution in [3.05, 3.63) is 22.2 Å². The van der Waals surface area contributed by atoms with Gasteiger partial charge in [-0.25, -0.2) is 0 Å². The third-order valence-electron chi connectivity index (χ3n) is 1.72. The number of hydrogen-bond acceptors (Lipinski definition) is 4. The summed E-state index contributed by atoms with van der Waals surface area (Å²) in [5.41, 5.74) is -0.0363. The smallest absolute Gasteiger partial charge is 0.387 e. The van der Waals surface area contributed by atoms with Gasteiger partial charge in [-0.2, -0.15) is 8.78 Å². The van der Waals surface area contributed by atoms with Gasteiger partial charge in [-0.1, -0.05) is 0 Å². The number of carbonyl (C=O) groups is 1. The Balaban J connectivity index is 3.02. The molecular formula is C10H9BrF2O4. The lowest BCUT2D eigenvalue weighted by atomic mass is 10.2. The molecule has 0 atom stereocenters. The molecule has 0 radical (unpaired) electrons. The van der Waals surface area contributed by atoms with E-state index in [0.717, 1.165) is 0 Å². The third-order valence-corrected chi connectivity index (χ3v) is 2.31. The van der Waals surface area contributed by atoms with E-state index in [4.69, 9.17) is 4.74 Å². The Morgan fingerprint density at radius 3 is 2.71 bits per heavy atom. The van der Waals surface area contributed by atoms with Gasteiger partial charge in [0, 0.05) is 7.11 Å². The van der Waals surface area contributed by atoms with Gasteiger partial charge >= 0.3 is 6.61 Å². The number of rotatable bonds is 6. The summed E-state index contributed by atoms with van der Waals surface area (Å²) in [7, 11) is 1.43. The molecule has 0 saturated heterocycles. The van der Waals surface area contributed by atoms with Crippen LogP contribution in [0.25, 0.3) is 0 Å². The minimum atomic E-state index is -3.00. The van der Waals surface area contributed by atoms with Crippen molar-refractivity contribution >= 4 is 22.2 Å². The van der Waals surface area contributed by atoms with Crippen LogP contribution in [0, 0.1) is 0 Å². The highest BCUT2D eigenvalue weighted by Crippen LogP contribution is 2.34. The lowest BCUT2D eigenvalue weighted by Crippen LogP contribution is -2.06. The summed E-state index contributed by atoms with van der Waals surface area (Å²) in [5.74, 6) is 0.0854. The first-order chi connectivity index (χ1) is 8.08. The van der Waals surface area contributed by atoms with E-state index in [-0.39, 0.29) is 22.6 Å². The number of carbonyl (C=O) groups excluding carboxylic acids is 1. The van der Waals surface area contributed by atoms with Crippen molar-refractivity contribution in [3.8, 4) is 11.5 Å². The monoisotopic (exact) mass is 310 g/mol. The fourth-order valence-electron chi connectivity index (χ4n) is 1.10. The van der Waals surface area contributed by atoms with E-state index >= 15 is 0 Å². The fraction of sp³-hybridized carbons (Fsp3) is 0.300. The lowest BCUT2D eigenvalue weighted by Gasteiger charge is -2.12. The van der Waals surface area contributed by atoms with Crippen molar-refractivity contribution in [1.82, 2.24) is 0 Å². The summed E-state index contributed by atoms with van der Waals surface area (Å²) >= 11 is 3.02. The zero-order chi connectivity index (χ0) is 12.8. The molecular weight excluding hydrogens is 302 g/mol. The zero-order valence-corrected chi connectivity index (χ0v) is 10.4. The van der Waals surface area contributed by atoms with E-state index < -0.39 is 6.61 Å². The van der Waals surface area contributed by atoms with Gasteiger partial charge in [0.1, 0.15) is 5.75 Å². The first kappa shape index (κ1) is 13.9. The highest BCUT2D eigenvalue weighted by atomic mass is 79.9. The van der Waals surface area contributed by atoms with Crippen molar-refractivity contribution in [3.63, 3.8) is 0 Å². The SMILES string of the molecule is COCOc1cc(Br)c(OC(F)F)c(C=O)c1. The van der Waals surface area contributed by atoms with Crippen molar-refractivity contribution < 1.29 is 27.8 Å². The first-order valence-corrected chi connectivity index (χ1v) is 5.23. The number of halogens is 3. The van der Waals surface area contributed by atoms with Gasteiger partial charge in [0.2, 0.25) is 0 Å². The predicted molar refractivity (Wildman–Crippen MR) is 58.7 cm³/mol. The topological polar surface area (TPSA) is 44.8 Å². The molecule has 0 N–H and O–H groups in total. The number of ether oxygens (including phenoxy) is 3. The van der Waals surface area contributed by atoms with Gasteiger partial charge in [0.15, 0.2) is 18.8 Å². The average molecular weight is 311 g/mol. The van der Waals surface area contributed by atoms with Crippen molar-refractivity contribution in [2.24, 2.45) is 0 Å². The number of hydrogen-bond donors (Lipinski definition) is 0. The summed E-state index contributed by atoms with van der Waals surface area (Å²) < 4.78 is 38.4. The zero-order valence-electron chi connectivity index (χ0n) is 8.78.